The first-order chi connectivity index (χ1) is 10.1. The lowest BCUT2D eigenvalue weighted by Crippen LogP contribution is -2.10. The molecule has 1 unspecified atom stereocenters. The number of nitrogens with zero attached hydrogens (tertiary/aromatic N) is 2. The largest absolute Gasteiger partial charge is 0.493 e. The molecule has 0 radical (unpaired) electrons. The molecular weight excluding hydrogens is 310 g/mol. The number of aromatic nitrogens is 2. The highest BCUT2D eigenvalue weighted by molar-refractivity contribution is 8.02. The van der Waals surface area contributed by atoms with Gasteiger partial charge in [0.1, 0.15) is 0 Å². The molecule has 0 saturated heterocycles. The highest BCUT2D eigenvalue weighted by atomic mass is 32.2. The van der Waals surface area contributed by atoms with Gasteiger partial charge in [0.2, 0.25) is 5.13 Å². The Morgan fingerprint density at radius 2 is 2.00 bits per heavy atom. The van der Waals surface area contributed by atoms with Gasteiger partial charge >= 0.3 is 0 Å². The normalized spacial score (nSPS) is 16.9. The molecule has 1 aliphatic carbocycles. The fourth-order valence-corrected chi connectivity index (χ4v) is 4.24. The number of ether oxygens (including phenoxy) is 2. The van der Waals surface area contributed by atoms with Gasteiger partial charge in [-0.2, -0.15) is 0 Å². The number of benzene rings is 1. The van der Waals surface area contributed by atoms with Crippen LogP contribution in [0.2, 0.25) is 0 Å². The standard InChI is InChI=1S/C13H13N3O3S2/c1-18-8-3-6-4-10(20-13-16-15-12(14)21-13)11(17)7(6)5-9(8)19-2/h3,5,10H,4H2,1-2H3,(H2,14,15). The SMILES string of the molecule is COc1cc2c(cc1OC)C(=O)C(Sc1nnc(N)s1)C2. The minimum atomic E-state index is -0.204. The van der Waals surface area contributed by atoms with E-state index in [-0.39, 0.29) is 11.0 Å². The molecule has 1 aromatic heterocycles. The van der Waals surface area contributed by atoms with Crippen molar-refractivity contribution < 1.29 is 14.3 Å². The molecule has 0 aliphatic heterocycles. The van der Waals surface area contributed by atoms with Crippen LogP contribution in [-0.4, -0.2) is 35.5 Å². The molecule has 6 nitrogen and oxygen atoms in total. The lowest BCUT2D eigenvalue weighted by atomic mass is 10.1. The van der Waals surface area contributed by atoms with Crippen LogP contribution in [0.25, 0.3) is 0 Å². The third kappa shape index (κ3) is 2.56. The Kier molecular flexibility index (Phi) is 3.73. The van der Waals surface area contributed by atoms with Crippen LogP contribution in [0, 0.1) is 0 Å². The van der Waals surface area contributed by atoms with Crippen molar-refractivity contribution in [2.24, 2.45) is 0 Å². The van der Waals surface area contributed by atoms with Gasteiger partial charge in [0.05, 0.1) is 19.5 Å². The number of thioether (sulfide) groups is 1. The lowest BCUT2D eigenvalue weighted by Gasteiger charge is -2.09. The maximum Gasteiger partial charge on any atom is 0.203 e. The number of fused-ring (bicyclic) bond motifs is 1. The average Bonchev–Trinajstić information content (AvgIpc) is 3.02. The Hall–Kier alpha value is -1.80. The highest BCUT2D eigenvalue weighted by Crippen LogP contribution is 2.40. The number of hydrogen-bond acceptors (Lipinski definition) is 8. The molecular formula is C13H13N3O3S2. The second kappa shape index (κ2) is 5.53. The van der Waals surface area contributed by atoms with E-state index in [4.69, 9.17) is 15.2 Å². The van der Waals surface area contributed by atoms with Crippen molar-refractivity contribution >= 4 is 34.0 Å². The van der Waals surface area contributed by atoms with Crippen LogP contribution >= 0.6 is 23.1 Å². The van der Waals surface area contributed by atoms with Gasteiger partial charge in [-0.05, 0) is 24.1 Å². The van der Waals surface area contributed by atoms with Crippen molar-refractivity contribution in [3.8, 4) is 11.5 Å². The predicted molar refractivity (Wildman–Crippen MR) is 81.5 cm³/mol. The summed E-state index contributed by atoms with van der Waals surface area (Å²) in [5.74, 6) is 1.27. The van der Waals surface area contributed by atoms with E-state index in [0.717, 1.165) is 5.56 Å². The number of nitrogens with two attached hydrogens (primary N) is 1. The summed E-state index contributed by atoms with van der Waals surface area (Å²) >= 11 is 2.68. The van der Waals surface area contributed by atoms with E-state index >= 15 is 0 Å². The van der Waals surface area contributed by atoms with Crippen LogP contribution in [0.3, 0.4) is 0 Å². The second-order valence-corrected chi connectivity index (χ2v) is 6.90. The van der Waals surface area contributed by atoms with Gasteiger partial charge in [0, 0.05) is 5.56 Å². The van der Waals surface area contributed by atoms with E-state index < -0.39 is 0 Å². The molecule has 1 aromatic carbocycles. The molecule has 0 saturated carbocycles. The van der Waals surface area contributed by atoms with Crippen LogP contribution in [0.15, 0.2) is 16.5 Å². The number of ketones is 1. The third-order valence-electron chi connectivity index (χ3n) is 3.24. The summed E-state index contributed by atoms with van der Waals surface area (Å²) in [6.07, 6.45) is 0.638. The first-order valence-corrected chi connectivity index (χ1v) is 7.86. The van der Waals surface area contributed by atoms with Gasteiger partial charge in [-0.25, -0.2) is 0 Å². The second-order valence-electron chi connectivity index (χ2n) is 4.45. The fourth-order valence-electron chi connectivity index (χ4n) is 2.27. The molecule has 0 amide bonds. The van der Waals surface area contributed by atoms with Crippen molar-refractivity contribution in [2.45, 2.75) is 16.0 Å². The Morgan fingerprint density at radius 3 is 2.62 bits per heavy atom. The number of anilines is 1. The third-order valence-corrected chi connectivity index (χ3v) is 5.27. The van der Waals surface area contributed by atoms with Gasteiger partial charge in [0.15, 0.2) is 21.6 Å². The van der Waals surface area contributed by atoms with Gasteiger partial charge in [-0.1, -0.05) is 23.1 Å². The summed E-state index contributed by atoms with van der Waals surface area (Å²) in [6, 6.07) is 3.60. The van der Waals surface area contributed by atoms with E-state index in [0.29, 0.717) is 33.0 Å². The van der Waals surface area contributed by atoms with E-state index in [9.17, 15) is 4.79 Å². The van der Waals surface area contributed by atoms with Crippen molar-refractivity contribution in [1.82, 2.24) is 10.2 Å². The van der Waals surface area contributed by atoms with Gasteiger partial charge < -0.3 is 15.2 Å². The number of Topliss-reactive ketones (excluding diaryl/α,β-unsaturated/α-hetero) is 1. The number of methoxy groups -OCH3 is 2. The monoisotopic (exact) mass is 323 g/mol. The van der Waals surface area contributed by atoms with Crippen molar-refractivity contribution in [3.05, 3.63) is 23.3 Å². The summed E-state index contributed by atoms with van der Waals surface area (Å²) in [5, 5.41) is 7.91. The van der Waals surface area contributed by atoms with E-state index in [2.05, 4.69) is 10.2 Å². The zero-order valence-corrected chi connectivity index (χ0v) is 13.1. The zero-order chi connectivity index (χ0) is 15.0. The average molecular weight is 323 g/mol. The molecule has 8 heteroatoms. The lowest BCUT2D eigenvalue weighted by molar-refractivity contribution is 0.1000. The molecule has 3 rings (SSSR count). The first-order valence-electron chi connectivity index (χ1n) is 6.17. The molecule has 21 heavy (non-hydrogen) atoms. The van der Waals surface area contributed by atoms with Crippen LogP contribution in [0.5, 0.6) is 11.5 Å². The maximum absolute atomic E-state index is 12.5. The topological polar surface area (TPSA) is 87.3 Å². The Bertz CT molecular complexity index is 702. The number of hydrogen-bond donors (Lipinski definition) is 1. The molecule has 1 heterocycles. The van der Waals surface area contributed by atoms with Crippen LogP contribution < -0.4 is 15.2 Å². The number of rotatable bonds is 4. The van der Waals surface area contributed by atoms with E-state index in [1.165, 1.54) is 23.1 Å². The van der Waals surface area contributed by atoms with Gasteiger partial charge in [0.25, 0.3) is 0 Å². The van der Waals surface area contributed by atoms with Crippen molar-refractivity contribution in [1.29, 1.82) is 0 Å². The summed E-state index contributed by atoms with van der Waals surface area (Å²) in [7, 11) is 3.14. The molecule has 2 N–H and O–H groups in total. The molecule has 1 aliphatic rings. The molecule has 0 fully saturated rings. The molecule has 110 valence electrons. The van der Waals surface area contributed by atoms with Crippen LogP contribution in [-0.2, 0) is 6.42 Å². The minimum Gasteiger partial charge on any atom is -0.493 e. The van der Waals surface area contributed by atoms with Crippen LogP contribution in [0.1, 0.15) is 15.9 Å². The summed E-state index contributed by atoms with van der Waals surface area (Å²) < 4.78 is 11.2. The molecule has 0 spiro atoms. The Balaban J connectivity index is 1.87. The quantitative estimate of drug-likeness (QED) is 0.921. The van der Waals surface area contributed by atoms with E-state index in [1.807, 2.05) is 6.07 Å². The van der Waals surface area contributed by atoms with Gasteiger partial charge in [-0.15, -0.1) is 10.2 Å². The van der Waals surface area contributed by atoms with Crippen molar-refractivity contribution in [3.63, 3.8) is 0 Å². The smallest absolute Gasteiger partial charge is 0.203 e. The number of carbonyl (C=O) groups excluding carboxylic acids is 1. The Morgan fingerprint density at radius 1 is 1.29 bits per heavy atom. The highest BCUT2D eigenvalue weighted by Gasteiger charge is 2.33. The maximum atomic E-state index is 12.5. The minimum absolute atomic E-state index is 0.0738. The summed E-state index contributed by atoms with van der Waals surface area (Å²) in [5.41, 5.74) is 7.21. The van der Waals surface area contributed by atoms with Crippen LogP contribution in [0.4, 0.5) is 5.13 Å². The molecule has 1 atom stereocenters. The fraction of sp³-hybridized carbons (Fsp3) is 0.308. The van der Waals surface area contributed by atoms with E-state index in [1.54, 1.807) is 20.3 Å². The summed E-state index contributed by atoms with van der Waals surface area (Å²) in [4.78, 5) is 12.5. The number of nitrogen functional groups attached to an aromatic ring is 1. The predicted octanol–water partition coefficient (Wildman–Crippen LogP) is 2.04. The molecule has 2 aromatic rings. The Labute approximate surface area is 129 Å². The number of carbonyl (C=O) groups is 1. The first kappa shape index (κ1) is 14.2. The summed E-state index contributed by atoms with van der Waals surface area (Å²) in [6.45, 7) is 0. The molecule has 0 bridgehead atoms. The van der Waals surface area contributed by atoms with Gasteiger partial charge in [-0.3, -0.25) is 4.79 Å². The van der Waals surface area contributed by atoms with Crippen molar-refractivity contribution in [2.75, 3.05) is 20.0 Å². The zero-order valence-electron chi connectivity index (χ0n) is 11.5.